The third kappa shape index (κ3) is 2.32. The molecule has 0 atom stereocenters. The molecule has 0 aromatic carbocycles. The van der Waals surface area contributed by atoms with E-state index in [-0.39, 0.29) is 0 Å². The number of nitrogens with zero attached hydrogens (tertiary/aromatic N) is 2. The molecule has 0 unspecified atom stereocenters. The molecule has 2 heterocycles. The molecule has 4 nitrogen and oxygen atoms in total. The Labute approximate surface area is 102 Å². The van der Waals surface area contributed by atoms with E-state index in [9.17, 15) is 0 Å². The quantitative estimate of drug-likeness (QED) is 0.653. The molecule has 6 heteroatoms. The smallest absolute Gasteiger partial charge is 0.171 e. The first-order valence-electron chi connectivity index (χ1n) is 4.82. The minimum atomic E-state index is 0.617. The molecule has 0 aliphatic carbocycles. The zero-order valence-electron chi connectivity index (χ0n) is 8.70. The molecule has 0 aliphatic rings. The number of anilines is 1. The van der Waals surface area contributed by atoms with Crippen molar-refractivity contribution >= 4 is 28.8 Å². The lowest BCUT2D eigenvalue weighted by Gasteiger charge is -2.04. The van der Waals surface area contributed by atoms with E-state index < -0.39 is 0 Å². The molecule has 84 valence electrons. The van der Waals surface area contributed by atoms with Crippen LogP contribution in [0.2, 0.25) is 5.02 Å². The van der Waals surface area contributed by atoms with Gasteiger partial charge in [-0.1, -0.05) is 18.5 Å². The number of nitrogens with two attached hydrogens (primary N) is 1. The number of nitrogen functional groups attached to an aromatic ring is 1. The lowest BCUT2D eigenvalue weighted by Crippen LogP contribution is -2.10. The predicted molar refractivity (Wildman–Crippen MR) is 67.5 cm³/mol. The molecule has 0 saturated carbocycles. The number of hydrazine groups is 1. The molecular weight excluding hydrogens is 244 g/mol. The van der Waals surface area contributed by atoms with Crippen LogP contribution in [-0.4, -0.2) is 9.97 Å². The summed E-state index contributed by atoms with van der Waals surface area (Å²) >= 11 is 7.39. The van der Waals surface area contributed by atoms with E-state index in [4.69, 9.17) is 17.4 Å². The Hall–Kier alpha value is -1.17. The van der Waals surface area contributed by atoms with Gasteiger partial charge in [0.1, 0.15) is 5.82 Å². The maximum absolute atomic E-state index is 5.87. The minimum Gasteiger partial charge on any atom is -0.308 e. The third-order valence-electron chi connectivity index (χ3n) is 2.08. The summed E-state index contributed by atoms with van der Waals surface area (Å²) in [5.41, 5.74) is 3.49. The van der Waals surface area contributed by atoms with Gasteiger partial charge < -0.3 is 5.43 Å². The monoisotopic (exact) mass is 254 g/mol. The Kier molecular flexibility index (Phi) is 3.38. The first kappa shape index (κ1) is 11.3. The van der Waals surface area contributed by atoms with E-state index in [1.54, 1.807) is 0 Å². The molecule has 2 aromatic rings. The van der Waals surface area contributed by atoms with Gasteiger partial charge in [0.05, 0.1) is 9.90 Å². The zero-order chi connectivity index (χ0) is 11.5. The number of thiophene rings is 1. The average molecular weight is 255 g/mol. The lowest BCUT2D eigenvalue weighted by atomic mass is 10.3. The van der Waals surface area contributed by atoms with Crippen molar-refractivity contribution in [2.24, 2.45) is 5.84 Å². The van der Waals surface area contributed by atoms with Gasteiger partial charge in [0.2, 0.25) is 0 Å². The molecular formula is C10H11ClN4S. The van der Waals surface area contributed by atoms with E-state index in [0.717, 1.165) is 17.0 Å². The second-order valence-corrected chi connectivity index (χ2v) is 4.54. The van der Waals surface area contributed by atoms with Gasteiger partial charge in [-0.3, -0.25) is 0 Å². The fourth-order valence-corrected chi connectivity index (χ4v) is 2.30. The van der Waals surface area contributed by atoms with E-state index in [1.165, 1.54) is 11.3 Å². The molecule has 0 radical (unpaired) electrons. The molecule has 0 amide bonds. The van der Waals surface area contributed by atoms with Gasteiger partial charge in [-0.05, 0) is 12.5 Å². The molecule has 0 fully saturated rings. The van der Waals surface area contributed by atoms with Crippen molar-refractivity contribution in [3.05, 3.63) is 28.2 Å². The number of aryl methyl sites for hydroxylation is 1. The van der Waals surface area contributed by atoms with E-state index >= 15 is 0 Å². The van der Waals surface area contributed by atoms with Crippen molar-refractivity contribution in [3.63, 3.8) is 0 Å². The van der Waals surface area contributed by atoms with Crippen LogP contribution in [0.5, 0.6) is 0 Å². The highest BCUT2D eigenvalue weighted by Crippen LogP contribution is 2.28. The van der Waals surface area contributed by atoms with E-state index in [2.05, 4.69) is 15.4 Å². The van der Waals surface area contributed by atoms with E-state index in [0.29, 0.717) is 16.7 Å². The van der Waals surface area contributed by atoms with Crippen LogP contribution in [0, 0.1) is 0 Å². The summed E-state index contributed by atoms with van der Waals surface area (Å²) in [6.45, 7) is 2.04. The van der Waals surface area contributed by atoms with Crippen molar-refractivity contribution in [3.8, 4) is 10.7 Å². The Balaban J connectivity index is 2.47. The maximum Gasteiger partial charge on any atom is 0.171 e. The highest BCUT2D eigenvalue weighted by Gasteiger charge is 2.07. The SMILES string of the molecule is CCc1cc(NN)nc(-c2cc(Cl)cs2)n1. The van der Waals surface area contributed by atoms with Gasteiger partial charge in [0.25, 0.3) is 0 Å². The molecule has 0 bridgehead atoms. The summed E-state index contributed by atoms with van der Waals surface area (Å²) in [5.74, 6) is 6.64. The standard InChI is InChI=1S/C10H11ClN4S/c1-2-7-4-9(15-12)14-10(13-7)8-3-6(11)5-16-8/h3-5H,2,12H2,1H3,(H,13,14,15). The number of rotatable bonds is 3. The first-order valence-corrected chi connectivity index (χ1v) is 6.07. The Morgan fingerprint density at radius 3 is 2.81 bits per heavy atom. The summed E-state index contributed by atoms with van der Waals surface area (Å²) in [6, 6.07) is 3.68. The van der Waals surface area contributed by atoms with Gasteiger partial charge in [0, 0.05) is 17.1 Å². The molecule has 2 rings (SSSR count). The topological polar surface area (TPSA) is 63.8 Å². The molecule has 0 spiro atoms. The Morgan fingerprint density at radius 2 is 2.25 bits per heavy atom. The first-order chi connectivity index (χ1) is 7.72. The fraction of sp³-hybridized carbons (Fsp3) is 0.200. The summed E-state index contributed by atoms with van der Waals surface area (Å²) in [7, 11) is 0. The molecule has 16 heavy (non-hydrogen) atoms. The van der Waals surface area contributed by atoms with Crippen LogP contribution >= 0.6 is 22.9 Å². The summed E-state index contributed by atoms with van der Waals surface area (Å²) < 4.78 is 0. The lowest BCUT2D eigenvalue weighted by molar-refractivity contribution is 1.00. The maximum atomic E-state index is 5.87. The van der Waals surface area contributed by atoms with Crippen LogP contribution in [0.25, 0.3) is 10.7 Å². The fourth-order valence-electron chi connectivity index (χ4n) is 1.29. The summed E-state index contributed by atoms with van der Waals surface area (Å²) in [5, 5.41) is 2.56. The number of hydrogen-bond acceptors (Lipinski definition) is 5. The van der Waals surface area contributed by atoms with Crippen molar-refractivity contribution in [1.29, 1.82) is 0 Å². The minimum absolute atomic E-state index is 0.617. The van der Waals surface area contributed by atoms with Crippen LogP contribution in [-0.2, 0) is 6.42 Å². The molecule has 0 aliphatic heterocycles. The normalized spacial score (nSPS) is 10.4. The van der Waals surface area contributed by atoms with Gasteiger partial charge in [0.15, 0.2) is 5.82 Å². The summed E-state index contributed by atoms with van der Waals surface area (Å²) in [4.78, 5) is 9.66. The predicted octanol–water partition coefficient (Wildman–Crippen LogP) is 2.71. The largest absolute Gasteiger partial charge is 0.308 e. The molecule has 2 aromatic heterocycles. The number of nitrogens with one attached hydrogen (secondary N) is 1. The van der Waals surface area contributed by atoms with Gasteiger partial charge in [-0.25, -0.2) is 15.8 Å². The highest BCUT2D eigenvalue weighted by atomic mass is 35.5. The number of aromatic nitrogens is 2. The van der Waals surface area contributed by atoms with Crippen LogP contribution in [0.4, 0.5) is 5.82 Å². The van der Waals surface area contributed by atoms with Crippen molar-refractivity contribution < 1.29 is 0 Å². The van der Waals surface area contributed by atoms with Crippen molar-refractivity contribution in [2.75, 3.05) is 5.43 Å². The van der Waals surface area contributed by atoms with Crippen molar-refractivity contribution in [1.82, 2.24) is 9.97 Å². The number of hydrogen-bond donors (Lipinski definition) is 2. The van der Waals surface area contributed by atoms with Gasteiger partial charge >= 0.3 is 0 Å². The van der Waals surface area contributed by atoms with Crippen LogP contribution in [0.3, 0.4) is 0 Å². The second kappa shape index (κ2) is 4.78. The molecule has 3 N–H and O–H groups in total. The van der Waals surface area contributed by atoms with Crippen LogP contribution in [0.1, 0.15) is 12.6 Å². The van der Waals surface area contributed by atoms with Crippen LogP contribution < -0.4 is 11.3 Å². The van der Waals surface area contributed by atoms with E-state index in [1.807, 2.05) is 24.4 Å². The van der Waals surface area contributed by atoms with Crippen molar-refractivity contribution in [2.45, 2.75) is 13.3 Å². The number of halogens is 1. The average Bonchev–Trinajstić information content (AvgIpc) is 2.75. The molecule has 0 saturated heterocycles. The highest BCUT2D eigenvalue weighted by molar-refractivity contribution is 7.14. The van der Waals surface area contributed by atoms with Gasteiger partial charge in [-0.2, -0.15) is 0 Å². The summed E-state index contributed by atoms with van der Waals surface area (Å²) in [6.07, 6.45) is 0.837. The Bertz CT molecular complexity index is 475. The van der Waals surface area contributed by atoms with Gasteiger partial charge in [-0.15, -0.1) is 11.3 Å². The zero-order valence-corrected chi connectivity index (χ0v) is 10.3. The third-order valence-corrected chi connectivity index (χ3v) is 3.35. The Morgan fingerprint density at radius 1 is 1.44 bits per heavy atom. The second-order valence-electron chi connectivity index (χ2n) is 3.20. The van der Waals surface area contributed by atoms with Crippen LogP contribution in [0.15, 0.2) is 17.5 Å².